The Labute approximate surface area is 113 Å². The van der Waals surface area contributed by atoms with E-state index in [0.29, 0.717) is 15.7 Å². The molecule has 0 N–H and O–H groups in total. The minimum Gasteiger partial charge on any atom is -0.275 e. The molecule has 6 heteroatoms. The molecule has 3 heterocycles. The number of rotatable bonds is 1. The standard InChI is InChI=1S/C12H8Cl2N4/c1-18-6-7(4-16-18)8-5-15-9-2-3-10(13)17-12(9)11(8)14/h2-6H,1H3. The first-order valence-corrected chi connectivity index (χ1v) is 6.00. The van der Waals surface area contributed by atoms with Crippen LogP contribution in [0.5, 0.6) is 0 Å². The minimum atomic E-state index is 0.398. The third-order valence-electron chi connectivity index (χ3n) is 2.63. The third-order valence-corrected chi connectivity index (χ3v) is 3.23. The Morgan fingerprint density at radius 2 is 2.00 bits per heavy atom. The van der Waals surface area contributed by atoms with Gasteiger partial charge in [0.25, 0.3) is 0 Å². The summed E-state index contributed by atoms with van der Waals surface area (Å²) in [4.78, 5) is 8.54. The molecule has 0 saturated carbocycles. The van der Waals surface area contributed by atoms with E-state index >= 15 is 0 Å². The Morgan fingerprint density at radius 3 is 2.72 bits per heavy atom. The van der Waals surface area contributed by atoms with E-state index in [1.807, 2.05) is 13.2 Å². The molecule has 0 amide bonds. The summed E-state index contributed by atoms with van der Waals surface area (Å²) in [6, 6.07) is 3.49. The molecule has 0 atom stereocenters. The molecule has 0 saturated heterocycles. The van der Waals surface area contributed by atoms with Crippen LogP contribution in [0.3, 0.4) is 0 Å². The van der Waals surface area contributed by atoms with Crippen molar-refractivity contribution in [1.82, 2.24) is 19.7 Å². The molecule has 0 aromatic carbocycles. The number of aromatic nitrogens is 4. The van der Waals surface area contributed by atoms with Crippen LogP contribution in [-0.2, 0) is 7.05 Å². The van der Waals surface area contributed by atoms with Gasteiger partial charge in [-0.3, -0.25) is 9.67 Å². The molecule has 0 bridgehead atoms. The molecule has 0 aliphatic heterocycles. The SMILES string of the molecule is Cn1cc(-c2cnc3ccc(Cl)nc3c2Cl)cn1. The highest BCUT2D eigenvalue weighted by Crippen LogP contribution is 2.32. The van der Waals surface area contributed by atoms with Gasteiger partial charge in [-0.15, -0.1) is 0 Å². The molecule has 0 fully saturated rings. The average molecular weight is 279 g/mol. The molecule has 0 aliphatic carbocycles. The molecule has 3 aromatic rings. The maximum Gasteiger partial charge on any atom is 0.129 e. The lowest BCUT2D eigenvalue weighted by molar-refractivity contribution is 0.768. The number of aryl methyl sites for hydroxylation is 1. The van der Waals surface area contributed by atoms with Gasteiger partial charge in [-0.1, -0.05) is 23.2 Å². The van der Waals surface area contributed by atoms with Crippen LogP contribution in [0, 0.1) is 0 Å². The zero-order chi connectivity index (χ0) is 12.7. The number of fused-ring (bicyclic) bond motifs is 1. The van der Waals surface area contributed by atoms with Crippen LogP contribution in [0.25, 0.3) is 22.2 Å². The maximum atomic E-state index is 6.36. The van der Waals surface area contributed by atoms with Gasteiger partial charge in [0.2, 0.25) is 0 Å². The summed E-state index contributed by atoms with van der Waals surface area (Å²) in [7, 11) is 1.85. The molecule has 0 radical (unpaired) electrons. The molecule has 0 unspecified atom stereocenters. The molecule has 18 heavy (non-hydrogen) atoms. The maximum absolute atomic E-state index is 6.36. The fraction of sp³-hybridized carbons (Fsp3) is 0.0833. The van der Waals surface area contributed by atoms with Crippen molar-refractivity contribution >= 4 is 34.2 Å². The Kier molecular flexibility index (Phi) is 2.69. The Bertz CT molecular complexity index is 736. The van der Waals surface area contributed by atoms with Crippen molar-refractivity contribution in [2.45, 2.75) is 0 Å². The second kappa shape index (κ2) is 4.23. The number of hydrogen-bond acceptors (Lipinski definition) is 3. The van der Waals surface area contributed by atoms with Crippen molar-refractivity contribution in [2.75, 3.05) is 0 Å². The normalized spacial score (nSPS) is 11.1. The Hall–Kier alpha value is -1.65. The van der Waals surface area contributed by atoms with E-state index < -0.39 is 0 Å². The third kappa shape index (κ3) is 1.83. The van der Waals surface area contributed by atoms with E-state index in [0.717, 1.165) is 16.6 Å². The van der Waals surface area contributed by atoms with Crippen LogP contribution >= 0.6 is 23.2 Å². The molecule has 4 nitrogen and oxygen atoms in total. The number of hydrogen-bond donors (Lipinski definition) is 0. The van der Waals surface area contributed by atoms with E-state index in [1.54, 1.807) is 29.2 Å². The lowest BCUT2D eigenvalue weighted by Gasteiger charge is -2.04. The first-order valence-electron chi connectivity index (χ1n) is 5.25. The van der Waals surface area contributed by atoms with Gasteiger partial charge >= 0.3 is 0 Å². The first kappa shape index (κ1) is 11.4. The highest BCUT2D eigenvalue weighted by molar-refractivity contribution is 6.38. The molecule has 90 valence electrons. The second-order valence-electron chi connectivity index (χ2n) is 3.89. The van der Waals surface area contributed by atoms with Crippen molar-refractivity contribution in [3.63, 3.8) is 0 Å². The van der Waals surface area contributed by atoms with Gasteiger partial charge in [-0.05, 0) is 12.1 Å². The van der Waals surface area contributed by atoms with E-state index in [1.165, 1.54) is 0 Å². The highest BCUT2D eigenvalue weighted by Gasteiger charge is 2.11. The molecular formula is C12H8Cl2N4. The van der Waals surface area contributed by atoms with Gasteiger partial charge in [-0.25, -0.2) is 4.98 Å². The quantitative estimate of drug-likeness (QED) is 0.642. The van der Waals surface area contributed by atoms with E-state index in [2.05, 4.69) is 15.1 Å². The first-order chi connectivity index (χ1) is 8.65. The lowest BCUT2D eigenvalue weighted by atomic mass is 10.1. The summed E-state index contributed by atoms with van der Waals surface area (Å²) in [5, 5.41) is 5.05. The molecule has 3 rings (SSSR count). The van der Waals surface area contributed by atoms with Crippen LogP contribution in [-0.4, -0.2) is 19.7 Å². The summed E-state index contributed by atoms with van der Waals surface area (Å²) in [5.41, 5.74) is 3.02. The largest absolute Gasteiger partial charge is 0.275 e. The van der Waals surface area contributed by atoms with Gasteiger partial charge in [0, 0.05) is 30.6 Å². The number of pyridine rings is 2. The smallest absolute Gasteiger partial charge is 0.129 e. The fourth-order valence-electron chi connectivity index (χ4n) is 1.77. The second-order valence-corrected chi connectivity index (χ2v) is 4.66. The summed E-state index contributed by atoms with van der Waals surface area (Å²) in [5.74, 6) is 0. The molecule has 0 aliphatic rings. The van der Waals surface area contributed by atoms with Crippen molar-refractivity contribution in [1.29, 1.82) is 0 Å². The fourth-order valence-corrected chi connectivity index (χ4v) is 2.22. The van der Waals surface area contributed by atoms with Crippen molar-refractivity contribution in [3.8, 4) is 11.1 Å². The zero-order valence-corrected chi connectivity index (χ0v) is 10.9. The van der Waals surface area contributed by atoms with Crippen molar-refractivity contribution in [2.24, 2.45) is 7.05 Å². The van der Waals surface area contributed by atoms with Gasteiger partial charge in [0.05, 0.1) is 16.7 Å². The summed E-state index contributed by atoms with van der Waals surface area (Å²) in [6.07, 6.45) is 5.33. The Balaban J connectivity index is 2.28. The predicted molar refractivity (Wildman–Crippen MR) is 71.8 cm³/mol. The van der Waals surface area contributed by atoms with Crippen LogP contribution < -0.4 is 0 Å². The van der Waals surface area contributed by atoms with Crippen LogP contribution in [0.15, 0.2) is 30.7 Å². The summed E-state index contributed by atoms with van der Waals surface area (Å²) in [6.45, 7) is 0. The summed E-state index contributed by atoms with van der Waals surface area (Å²) >= 11 is 12.2. The molecule has 3 aromatic heterocycles. The predicted octanol–water partition coefficient (Wildman–Crippen LogP) is 3.34. The number of halogens is 2. The van der Waals surface area contributed by atoms with E-state index in [4.69, 9.17) is 23.2 Å². The lowest BCUT2D eigenvalue weighted by Crippen LogP contribution is -1.88. The monoisotopic (exact) mass is 278 g/mol. The average Bonchev–Trinajstić information content (AvgIpc) is 2.77. The van der Waals surface area contributed by atoms with Crippen molar-refractivity contribution in [3.05, 3.63) is 40.9 Å². The van der Waals surface area contributed by atoms with Crippen LogP contribution in [0.4, 0.5) is 0 Å². The van der Waals surface area contributed by atoms with Crippen molar-refractivity contribution < 1.29 is 0 Å². The highest BCUT2D eigenvalue weighted by atomic mass is 35.5. The van der Waals surface area contributed by atoms with Gasteiger partial charge in [0.15, 0.2) is 0 Å². The molecule has 0 spiro atoms. The van der Waals surface area contributed by atoms with Crippen LogP contribution in [0.2, 0.25) is 10.2 Å². The molecular weight excluding hydrogens is 271 g/mol. The van der Waals surface area contributed by atoms with E-state index in [-0.39, 0.29) is 0 Å². The zero-order valence-electron chi connectivity index (χ0n) is 9.43. The summed E-state index contributed by atoms with van der Waals surface area (Å²) < 4.78 is 1.71. The van der Waals surface area contributed by atoms with Gasteiger partial charge in [-0.2, -0.15) is 5.10 Å². The Morgan fingerprint density at radius 1 is 1.17 bits per heavy atom. The van der Waals surface area contributed by atoms with Gasteiger partial charge < -0.3 is 0 Å². The van der Waals surface area contributed by atoms with E-state index in [9.17, 15) is 0 Å². The topological polar surface area (TPSA) is 43.6 Å². The van der Waals surface area contributed by atoms with Gasteiger partial charge in [0.1, 0.15) is 10.7 Å². The van der Waals surface area contributed by atoms with Crippen LogP contribution in [0.1, 0.15) is 0 Å². The minimum absolute atomic E-state index is 0.398. The number of nitrogens with zero attached hydrogens (tertiary/aromatic N) is 4.